The first kappa shape index (κ1) is 25.2. The molecule has 1 saturated carbocycles. The highest BCUT2D eigenvalue weighted by molar-refractivity contribution is 5.96. The van der Waals surface area contributed by atoms with E-state index >= 15 is 0 Å². The number of benzene rings is 2. The van der Waals surface area contributed by atoms with Gasteiger partial charge >= 0.3 is 0 Å². The van der Waals surface area contributed by atoms with Gasteiger partial charge in [0.05, 0.1) is 24.4 Å². The summed E-state index contributed by atoms with van der Waals surface area (Å²) >= 11 is 0. The van der Waals surface area contributed by atoms with Crippen LogP contribution in [0.1, 0.15) is 61.1 Å². The number of rotatable bonds is 9. The van der Waals surface area contributed by atoms with E-state index in [0.717, 1.165) is 12.8 Å². The maximum Gasteiger partial charge on any atom is 0.163 e. The van der Waals surface area contributed by atoms with Crippen molar-refractivity contribution < 1.29 is 28.5 Å². The molecule has 2 aromatic carbocycles. The zero-order valence-corrected chi connectivity index (χ0v) is 21.2. The maximum absolute atomic E-state index is 13.6. The van der Waals surface area contributed by atoms with Gasteiger partial charge in [0.15, 0.2) is 23.0 Å². The van der Waals surface area contributed by atoms with Crippen molar-refractivity contribution in [1.82, 2.24) is 4.98 Å². The molecule has 3 aromatic rings. The Morgan fingerprint density at radius 3 is 2.62 bits per heavy atom. The quantitative estimate of drug-likeness (QED) is 0.399. The van der Waals surface area contributed by atoms with Gasteiger partial charge in [-0.2, -0.15) is 0 Å². The highest BCUT2D eigenvalue weighted by atomic mass is 19.1. The molecule has 2 aliphatic rings. The number of Topliss-reactive ketones (excluding diaryl/α,β-unsaturated/α-hetero) is 1. The Morgan fingerprint density at radius 2 is 1.95 bits per heavy atom. The van der Waals surface area contributed by atoms with Crippen molar-refractivity contribution >= 4 is 5.78 Å². The summed E-state index contributed by atoms with van der Waals surface area (Å²) in [5.41, 5.74) is 6.93. The second kappa shape index (κ2) is 9.43. The molecule has 1 aliphatic carbocycles. The van der Waals surface area contributed by atoms with E-state index in [2.05, 4.69) is 0 Å². The van der Waals surface area contributed by atoms with Crippen LogP contribution >= 0.6 is 0 Å². The second-order valence-electron chi connectivity index (χ2n) is 10.3. The van der Waals surface area contributed by atoms with E-state index < -0.39 is 11.1 Å². The van der Waals surface area contributed by atoms with Crippen LogP contribution in [-0.4, -0.2) is 35.7 Å². The average molecular weight is 507 g/mol. The first-order valence-corrected chi connectivity index (χ1v) is 12.4. The van der Waals surface area contributed by atoms with Gasteiger partial charge in [0.25, 0.3) is 0 Å². The smallest absolute Gasteiger partial charge is 0.163 e. The number of ether oxygens (including phenoxy) is 3. The number of aromatic nitrogens is 1. The fraction of sp³-hybridized carbons (Fsp3) is 0.379. The lowest BCUT2D eigenvalue weighted by molar-refractivity contribution is 0.0396. The molecule has 0 spiro atoms. The zero-order valence-electron chi connectivity index (χ0n) is 21.2. The molecule has 2 atom stereocenters. The Labute approximate surface area is 215 Å². The number of hydrogen-bond acceptors (Lipinski definition) is 7. The number of carbonyl (C=O) groups is 1. The van der Waals surface area contributed by atoms with Crippen LogP contribution in [0, 0.1) is 5.82 Å². The largest absolute Gasteiger partial charge is 0.493 e. The topological polar surface area (TPSA) is 104 Å². The second-order valence-corrected chi connectivity index (χ2v) is 10.3. The number of carbonyl (C=O) groups excluding carboxylic acids is 1. The third kappa shape index (κ3) is 5.17. The van der Waals surface area contributed by atoms with Crippen molar-refractivity contribution in [2.75, 3.05) is 13.7 Å². The summed E-state index contributed by atoms with van der Waals surface area (Å²) in [5.74, 6) is 1.15. The minimum absolute atomic E-state index is 0.0834. The lowest BCUT2D eigenvalue weighted by atomic mass is 9.88. The molecule has 1 aliphatic heterocycles. The number of aliphatic hydroxyl groups is 1. The van der Waals surface area contributed by atoms with Crippen molar-refractivity contribution in [3.05, 3.63) is 71.2 Å². The molecule has 0 radical (unpaired) electrons. The molecule has 194 valence electrons. The highest BCUT2D eigenvalue weighted by Crippen LogP contribution is 2.44. The molecule has 2 heterocycles. The van der Waals surface area contributed by atoms with Gasteiger partial charge in [-0.25, -0.2) is 9.37 Å². The number of hydrogen-bond donors (Lipinski definition) is 2. The molecule has 37 heavy (non-hydrogen) atoms. The van der Waals surface area contributed by atoms with Crippen molar-refractivity contribution in [3.63, 3.8) is 0 Å². The molecule has 5 rings (SSSR count). The molecule has 0 amide bonds. The molecule has 0 bridgehead atoms. The Balaban J connectivity index is 1.40. The minimum atomic E-state index is -1.43. The Bertz CT molecular complexity index is 1330. The summed E-state index contributed by atoms with van der Waals surface area (Å²) in [6.07, 6.45) is 2.47. The van der Waals surface area contributed by atoms with E-state index in [-0.39, 0.29) is 37.2 Å². The van der Waals surface area contributed by atoms with Gasteiger partial charge < -0.3 is 25.1 Å². The number of fused-ring (bicyclic) bond motifs is 1. The molecular weight excluding hydrogens is 475 g/mol. The first-order valence-electron chi connectivity index (χ1n) is 12.4. The predicted octanol–water partition coefficient (Wildman–Crippen LogP) is 4.87. The van der Waals surface area contributed by atoms with Gasteiger partial charge in [0.2, 0.25) is 0 Å². The third-order valence-electron chi connectivity index (χ3n) is 6.92. The summed E-state index contributed by atoms with van der Waals surface area (Å²) in [5, 5.41) is 11.4. The fourth-order valence-electron chi connectivity index (χ4n) is 4.42. The molecule has 7 nitrogen and oxygen atoms in total. The molecule has 8 heteroatoms. The number of nitrogens with two attached hydrogens (primary N) is 1. The summed E-state index contributed by atoms with van der Waals surface area (Å²) in [6.45, 7) is 3.73. The van der Waals surface area contributed by atoms with Crippen LogP contribution in [0.4, 0.5) is 4.39 Å². The van der Waals surface area contributed by atoms with E-state index in [4.69, 9.17) is 24.9 Å². The van der Waals surface area contributed by atoms with Crippen molar-refractivity contribution in [2.45, 2.75) is 56.8 Å². The Morgan fingerprint density at radius 1 is 1.22 bits per heavy atom. The van der Waals surface area contributed by atoms with Crippen molar-refractivity contribution in [3.8, 4) is 28.5 Å². The Kier molecular flexibility index (Phi) is 6.41. The van der Waals surface area contributed by atoms with Gasteiger partial charge in [-0.15, -0.1) is 0 Å². The number of nitrogens with zero attached hydrogens (tertiary/aromatic N) is 1. The van der Waals surface area contributed by atoms with E-state index in [1.807, 2.05) is 6.92 Å². The van der Waals surface area contributed by atoms with Crippen LogP contribution in [0.25, 0.3) is 11.3 Å². The Hall–Kier alpha value is -3.49. The standard InChI is InChI=1S/C29H31FN2O5/c1-28(31)16-36-27-21(28)15-25(32-26(27)17-4-7-19(30)8-5-17)29(2,34)13-12-22(33)18-6-11-23(24(14-18)35-3)37-20-9-10-20/h4-8,11,14-15,20,34H,9-10,12-13,16,31H2,1-3H3/t28-,29+/m1/s1. The molecule has 0 unspecified atom stereocenters. The van der Waals surface area contributed by atoms with Gasteiger partial charge in [-0.05, 0) is 81.6 Å². The predicted molar refractivity (Wildman–Crippen MR) is 136 cm³/mol. The monoisotopic (exact) mass is 506 g/mol. The molecule has 1 fully saturated rings. The number of methoxy groups -OCH3 is 1. The number of halogens is 1. The minimum Gasteiger partial charge on any atom is -0.493 e. The van der Waals surface area contributed by atoms with E-state index in [1.54, 1.807) is 50.4 Å². The zero-order chi connectivity index (χ0) is 26.4. The van der Waals surface area contributed by atoms with Crippen LogP contribution in [0.3, 0.4) is 0 Å². The van der Waals surface area contributed by atoms with Crippen LogP contribution in [0.2, 0.25) is 0 Å². The van der Waals surface area contributed by atoms with E-state index in [1.165, 1.54) is 12.1 Å². The molecule has 0 saturated heterocycles. The van der Waals surface area contributed by atoms with Crippen molar-refractivity contribution in [2.24, 2.45) is 5.73 Å². The normalized spacial score (nSPS) is 20.1. The van der Waals surface area contributed by atoms with Gasteiger partial charge in [-0.3, -0.25) is 4.79 Å². The van der Waals surface area contributed by atoms with Crippen molar-refractivity contribution in [1.29, 1.82) is 0 Å². The number of ketones is 1. The summed E-state index contributed by atoms with van der Waals surface area (Å²) < 4.78 is 30.7. The summed E-state index contributed by atoms with van der Waals surface area (Å²) in [6, 6.07) is 12.8. The SMILES string of the molecule is COc1cc(C(=O)CC[C@](C)(O)c2cc3c(c(-c4ccc(F)cc4)n2)OC[C@@]3(C)N)ccc1OC1CC1. The molecule has 3 N–H and O–H groups in total. The van der Waals surface area contributed by atoms with Crippen LogP contribution < -0.4 is 19.9 Å². The van der Waals surface area contributed by atoms with Gasteiger partial charge in [0, 0.05) is 23.1 Å². The maximum atomic E-state index is 13.6. The lowest BCUT2D eigenvalue weighted by Gasteiger charge is -2.25. The highest BCUT2D eigenvalue weighted by Gasteiger charge is 2.38. The average Bonchev–Trinajstić information content (AvgIpc) is 3.64. The lowest BCUT2D eigenvalue weighted by Crippen LogP contribution is -2.35. The van der Waals surface area contributed by atoms with E-state index in [0.29, 0.717) is 45.3 Å². The van der Waals surface area contributed by atoms with Crippen LogP contribution in [0.15, 0.2) is 48.5 Å². The van der Waals surface area contributed by atoms with Gasteiger partial charge in [0.1, 0.15) is 23.7 Å². The third-order valence-corrected chi connectivity index (χ3v) is 6.92. The fourth-order valence-corrected chi connectivity index (χ4v) is 4.42. The first-order chi connectivity index (χ1) is 17.6. The van der Waals surface area contributed by atoms with Crippen LogP contribution in [-0.2, 0) is 11.1 Å². The van der Waals surface area contributed by atoms with E-state index in [9.17, 15) is 14.3 Å². The molecular formula is C29H31FN2O5. The summed E-state index contributed by atoms with van der Waals surface area (Å²) in [4.78, 5) is 17.7. The summed E-state index contributed by atoms with van der Waals surface area (Å²) in [7, 11) is 1.54. The van der Waals surface area contributed by atoms with Gasteiger partial charge in [-0.1, -0.05) is 0 Å². The number of pyridine rings is 1. The van der Waals surface area contributed by atoms with Crippen LogP contribution in [0.5, 0.6) is 17.2 Å². The molecule has 1 aromatic heterocycles.